The van der Waals surface area contributed by atoms with Gasteiger partial charge in [-0.3, -0.25) is 9.59 Å². The zero-order valence-corrected chi connectivity index (χ0v) is 16.0. The summed E-state index contributed by atoms with van der Waals surface area (Å²) in [6.45, 7) is 10.1. The highest BCUT2D eigenvalue weighted by Gasteiger charge is 2.30. The van der Waals surface area contributed by atoms with E-state index in [4.69, 9.17) is 4.74 Å². The number of carbonyl (C=O) groups is 3. The normalized spacial score (nSPS) is 13.5. The van der Waals surface area contributed by atoms with Gasteiger partial charge in [0, 0.05) is 19.6 Å². The van der Waals surface area contributed by atoms with Crippen molar-refractivity contribution in [1.82, 2.24) is 15.5 Å². The van der Waals surface area contributed by atoms with Crippen LogP contribution in [0.15, 0.2) is 0 Å². The van der Waals surface area contributed by atoms with Gasteiger partial charge in [-0.2, -0.15) is 0 Å². The highest BCUT2D eigenvalue weighted by Crippen LogP contribution is 2.09. The molecule has 0 radical (unpaired) electrons. The molecular formula is C17H33N3O5. The van der Waals surface area contributed by atoms with Crippen molar-refractivity contribution in [3.63, 3.8) is 0 Å². The Morgan fingerprint density at radius 1 is 1.24 bits per heavy atom. The lowest BCUT2D eigenvalue weighted by atomic mass is 10.1. The predicted molar refractivity (Wildman–Crippen MR) is 95.0 cm³/mol. The first kappa shape index (κ1) is 23.2. The molecule has 3 amide bonds. The van der Waals surface area contributed by atoms with Gasteiger partial charge in [-0.05, 0) is 53.9 Å². The van der Waals surface area contributed by atoms with Crippen LogP contribution in [0, 0.1) is 0 Å². The van der Waals surface area contributed by atoms with E-state index < -0.39 is 23.8 Å². The number of aliphatic hydroxyl groups is 1. The fourth-order valence-corrected chi connectivity index (χ4v) is 2.21. The van der Waals surface area contributed by atoms with E-state index in [1.165, 1.54) is 6.92 Å². The fraction of sp³-hybridized carbons (Fsp3) is 0.824. The van der Waals surface area contributed by atoms with Crippen LogP contribution in [0.3, 0.4) is 0 Å². The number of aliphatic hydroxyl groups excluding tert-OH is 1. The van der Waals surface area contributed by atoms with Crippen molar-refractivity contribution >= 4 is 18.4 Å². The molecule has 146 valence electrons. The Morgan fingerprint density at radius 2 is 1.88 bits per heavy atom. The molecule has 0 saturated heterocycles. The van der Waals surface area contributed by atoms with Crippen molar-refractivity contribution in [3.8, 4) is 0 Å². The van der Waals surface area contributed by atoms with Crippen LogP contribution >= 0.6 is 0 Å². The maximum Gasteiger partial charge on any atom is 0.408 e. The number of amides is 3. The van der Waals surface area contributed by atoms with Crippen LogP contribution in [-0.4, -0.2) is 65.8 Å². The summed E-state index contributed by atoms with van der Waals surface area (Å²) in [6, 6.07) is -1.05. The van der Waals surface area contributed by atoms with Gasteiger partial charge < -0.3 is 25.4 Å². The SMILES string of the molecule is CCN(CCCCCNC=O)C(=O)C(NC(=O)OC(C)(C)C)C(C)O. The van der Waals surface area contributed by atoms with E-state index in [9.17, 15) is 19.5 Å². The van der Waals surface area contributed by atoms with Gasteiger partial charge in [0.05, 0.1) is 6.10 Å². The molecule has 0 aromatic carbocycles. The standard InChI is InChI=1S/C17H33N3O5/c1-6-20(11-9-7-8-10-18-12-21)15(23)14(13(2)22)19-16(24)25-17(3,4)5/h12-14,22H,6-11H2,1-5H3,(H,18,21)(H,19,24). The van der Waals surface area contributed by atoms with Crippen LogP contribution in [0.5, 0.6) is 0 Å². The Labute approximate surface area is 150 Å². The number of hydrogen-bond acceptors (Lipinski definition) is 5. The molecular weight excluding hydrogens is 326 g/mol. The Balaban J connectivity index is 4.60. The number of alkyl carbamates (subject to hydrolysis) is 1. The zero-order valence-electron chi connectivity index (χ0n) is 16.0. The number of hydrogen-bond donors (Lipinski definition) is 3. The molecule has 0 rings (SSSR count). The molecule has 0 aromatic heterocycles. The van der Waals surface area contributed by atoms with E-state index in [1.807, 2.05) is 6.92 Å². The van der Waals surface area contributed by atoms with E-state index in [0.29, 0.717) is 26.0 Å². The lowest BCUT2D eigenvalue weighted by molar-refractivity contribution is -0.136. The van der Waals surface area contributed by atoms with Crippen molar-refractivity contribution in [3.05, 3.63) is 0 Å². The highest BCUT2D eigenvalue weighted by atomic mass is 16.6. The molecule has 0 aliphatic carbocycles. The third-order valence-electron chi connectivity index (χ3n) is 3.45. The Morgan fingerprint density at radius 3 is 2.36 bits per heavy atom. The van der Waals surface area contributed by atoms with Crippen LogP contribution in [0.4, 0.5) is 4.79 Å². The lowest BCUT2D eigenvalue weighted by Gasteiger charge is -2.29. The average Bonchev–Trinajstić information content (AvgIpc) is 2.49. The third kappa shape index (κ3) is 10.6. The minimum absolute atomic E-state index is 0.339. The quantitative estimate of drug-likeness (QED) is 0.377. The first-order chi connectivity index (χ1) is 11.6. The maximum absolute atomic E-state index is 12.6. The fourth-order valence-electron chi connectivity index (χ4n) is 2.21. The van der Waals surface area contributed by atoms with Crippen LogP contribution in [0.1, 0.15) is 53.9 Å². The molecule has 0 aliphatic heterocycles. The summed E-state index contributed by atoms with van der Waals surface area (Å²) in [4.78, 5) is 36.3. The Hall–Kier alpha value is -1.83. The van der Waals surface area contributed by atoms with Crippen molar-refractivity contribution in [2.45, 2.75) is 71.6 Å². The number of nitrogens with one attached hydrogen (secondary N) is 2. The van der Waals surface area contributed by atoms with E-state index in [2.05, 4.69) is 10.6 Å². The van der Waals surface area contributed by atoms with Gasteiger partial charge in [0.15, 0.2) is 0 Å². The van der Waals surface area contributed by atoms with Gasteiger partial charge in [-0.15, -0.1) is 0 Å². The second-order valence-corrected chi connectivity index (χ2v) is 6.92. The molecule has 8 heteroatoms. The number of rotatable bonds is 11. The van der Waals surface area contributed by atoms with Gasteiger partial charge in [0.2, 0.25) is 12.3 Å². The smallest absolute Gasteiger partial charge is 0.408 e. The number of ether oxygens (including phenoxy) is 1. The summed E-state index contributed by atoms with van der Waals surface area (Å²) in [6.07, 6.45) is 1.37. The molecule has 3 N–H and O–H groups in total. The summed E-state index contributed by atoms with van der Waals surface area (Å²) in [7, 11) is 0. The topological polar surface area (TPSA) is 108 Å². The van der Waals surface area contributed by atoms with Crippen molar-refractivity contribution in [2.75, 3.05) is 19.6 Å². The minimum Gasteiger partial charge on any atom is -0.444 e. The molecule has 0 heterocycles. The number of unbranched alkanes of at least 4 members (excludes halogenated alkanes) is 2. The van der Waals surface area contributed by atoms with Gasteiger partial charge >= 0.3 is 6.09 Å². The number of nitrogens with zero attached hydrogens (tertiary/aromatic N) is 1. The van der Waals surface area contributed by atoms with Gasteiger partial charge in [-0.25, -0.2) is 4.79 Å². The molecule has 2 atom stereocenters. The van der Waals surface area contributed by atoms with Crippen LogP contribution in [-0.2, 0) is 14.3 Å². The van der Waals surface area contributed by atoms with Crippen molar-refractivity contribution < 1.29 is 24.2 Å². The highest BCUT2D eigenvalue weighted by molar-refractivity contribution is 5.86. The largest absolute Gasteiger partial charge is 0.444 e. The number of likely N-dealkylation sites (N-methyl/N-ethyl adjacent to an activating group) is 1. The molecule has 0 aromatic rings. The predicted octanol–water partition coefficient (Wildman–Crippen LogP) is 1.03. The molecule has 0 spiro atoms. The van der Waals surface area contributed by atoms with Crippen molar-refractivity contribution in [2.24, 2.45) is 0 Å². The van der Waals surface area contributed by atoms with Gasteiger partial charge in [0.25, 0.3) is 0 Å². The minimum atomic E-state index is -1.05. The average molecular weight is 359 g/mol. The molecule has 0 saturated carbocycles. The second-order valence-electron chi connectivity index (χ2n) is 6.92. The summed E-state index contributed by atoms with van der Waals surface area (Å²) < 4.78 is 5.15. The molecule has 0 bridgehead atoms. The monoisotopic (exact) mass is 359 g/mol. The van der Waals surface area contributed by atoms with Crippen LogP contribution in [0.25, 0.3) is 0 Å². The summed E-state index contributed by atoms with van der Waals surface area (Å²) in [5, 5.41) is 14.9. The molecule has 0 aliphatic rings. The van der Waals surface area contributed by atoms with Gasteiger partial charge in [-0.1, -0.05) is 0 Å². The molecule has 25 heavy (non-hydrogen) atoms. The first-order valence-electron chi connectivity index (χ1n) is 8.75. The first-order valence-corrected chi connectivity index (χ1v) is 8.75. The maximum atomic E-state index is 12.6. The zero-order chi connectivity index (χ0) is 19.5. The second kappa shape index (κ2) is 11.7. The van der Waals surface area contributed by atoms with E-state index >= 15 is 0 Å². The molecule has 2 unspecified atom stereocenters. The van der Waals surface area contributed by atoms with Crippen LogP contribution < -0.4 is 10.6 Å². The van der Waals surface area contributed by atoms with E-state index in [0.717, 1.165) is 19.3 Å². The molecule has 8 nitrogen and oxygen atoms in total. The Kier molecular flexibility index (Phi) is 10.8. The lowest BCUT2D eigenvalue weighted by Crippen LogP contribution is -2.54. The number of carbonyl (C=O) groups excluding carboxylic acids is 3. The third-order valence-corrected chi connectivity index (χ3v) is 3.45. The molecule has 0 fully saturated rings. The summed E-state index contributed by atoms with van der Waals surface area (Å²) in [5.74, 6) is -0.339. The van der Waals surface area contributed by atoms with E-state index in [1.54, 1.807) is 25.7 Å². The Bertz CT molecular complexity index is 421. The van der Waals surface area contributed by atoms with Crippen LogP contribution in [0.2, 0.25) is 0 Å². The van der Waals surface area contributed by atoms with Crippen molar-refractivity contribution in [1.29, 1.82) is 0 Å². The van der Waals surface area contributed by atoms with Gasteiger partial charge in [0.1, 0.15) is 11.6 Å². The van der Waals surface area contributed by atoms with E-state index in [-0.39, 0.29) is 5.91 Å². The summed E-state index contributed by atoms with van der Waals surface area (Å²) >= 11 is 0. The summed E-state index contributed by atoms with van der Waals surface area (Å²) in [5.41, 5.74) is -0.684.